The number of rotatable bonds is 4. The van der Waals surface area contributed by atoms with Crippen LogP contribution in [-0.4, -0.2) is 7.05 Å². The molecule has 112 valence electrons. The maximum absolute atomic E-state index is 3.60. The molecule has 21 heavy (non-hydrogen) atoms. The summed E-state index contributed by atoms with van der Waals surface area (Å²) in [5.41, 5.74) is 2.94. The molecule has 0 aromatic heterocycles. The van der Waals surface area contributed by atoms with E-state index in [1.54, 1.807) is 0 Å². The topological polar surface area (TPSA) is 12.0 Å². The van der Waals surface area contributed by atoms with Crippen LogP contribution in [0.15, 0.2) is 36.4 Å². The third-order valence-corrected chi connectivity index (χ3v) is 5.18. The summed E-state index contributed by atoms with van der Waals surface area (Å²) in [5, 5.41) is 6.39. The second-order valence-electron chi connectivity index (χ2n) is 6.60. The number of benzene rings is 2. The Kier molecular flexibility index (Phi) is 4.60. The lowest BCUT2D eigenvalue weighted by atomic mass is 9.81. The van der Waals surface area contributed by atoms with E-state index in [0.29, 0.717) is 6.04 Å². The van der Waals surface area contributed by atoms with Gasteiger partial charge in [0, 0.05) is 6.04 Å². The number of fused-ring (bicyclic) bond motifs is 1. The minimum Gasteiger partial charge on any atom is -0.313 e. The first-order valence-corrected chi connectivity index (χ1v) is 8.45. The van der Waals surface area contributed by atoms with Gasteiger partial charge in [0.05, 0.1) is 0 Å². The Balaban J connectivity index is 1.94. The molecule has 1 N–H and O–H groups in total. The lowest BCUT2D eigenvalue weighted by Gasteiger charge is -2.28. The summed E-state index contributed by atoms with van der Waals surface area (Å²) in [4.78, 5) is 0. The van der Waals surface area contributed by atoms with E-state index in [1.807, 2.05) is 0 Å². The Morgan fingerprint density at radius 3 is 2.57 bits per heavy atom. The summed E-state index contributed by atoms with van der Waals surface area (Å²) in [6.45, 7) is 2.26. The highest BCUT2D eigenvalue weighted by Gasteiger charge is 2.21. The van der Waals surface area contributed by atoms with Gasteiger partial charge in [0.25, 0.3) is 0 Å². The third kappa shape index (κ3) is 3.13. The van der Waals surface area contributed by atoms with Crippen LogP contribution in [0.1, 0.15) is 55.7 Å². The lowest BCUT2D eigenvalue weighted by Crippen LogP contribution is -2.22. The molecule has 2 aromatic carbocycles. The molecule has 1 saturated carbocycles. The van der Waals surface area contributed by atoms with Gasteiger partial charge in [-0.25, -0.2) is 0 Å². The molecule has 1 atom stereocenters. The number of nitrogens with one attached hydrogen (secondary N) is 1. The van der Waals surface area contributed by atoms with E-state index in [9.17, 15) is 0 Å². The molecule has 1 aliphatic carbocycles. The Morgan fingerprint density at radius 2 is 1.81 bits per heavy atom. The third-order valence-electron chi connectivity index (χ3n) is 5.18. The second kappa shape index (κ2) is 6.62. The highest BCUT2D eigenvalue weighted by Crippen LogP contribution is 2.35. The van der Waals surface area contributed by atoms with Crippen molar-refractivity contribution in [3.63, 3.8) is 0 Å². The Morgan fingerprint density at radius 1 is 1.05 bits per heavy atom. The smallest absolute Gasteiger partial charge is 0.0328 e. The van der Waals surface area contributed by atoms with Crippen molar-refractivity contribution < 1.29 is 0 Å². The molecule has 2 aromatic rings. The van der Waals surface area contributed by atoms with E-state index in [0.717, 1.165) is 5.92 Å². The first kappa shape index (κ1) is 14.6. The van der Waals surface area contributed by atoms with E-state index in [2.05, 4.69) is 55.7 Å². The molecule has 1 heteroatoms. The van der Waals surface area contributed by atoms with E-state index in [-0.39, 0.29) is 0 Å². The van der Waals surface area contributed by atoms with Gasteiger partial charge in [-0.15, -0.1) is 0 Å². The van der Waals surface area contributed by atoms with Crippen molar-refractivity contribution in [3.8, 4) is 0 Å². The molecule has 0 saturated heterocycles. The number of aryl methyl sites for hydroxylation is 1. The minimum atomic E-state index is 0.485. The van der Waals surface area contributed by atoms with Crippen LogP contribution in [0.3, 0.4) is 0 Å². The fraction of sp³-hybridized carbons (Fsp3) is 0.500. The van der Waals surface area contributed by atoms with Crippen molar-refractivity contribution in [2.75, 3.05) is 7.05 Å². The zero-order valence-corrected chi connectivity index (χ0v) is 13.4. The Hall–Kier alpha value is -1.34. The van der Waals surface area contributed by atoms with Gasteiger partial charge in [0.1, 0.15) is 0 Å². The quantitative estimate of drug-likeness (QED) is 0.793. The van der Waals surface area contributed by atoms with Crippen LogP contribution >= 0.6 is 0 Å². The lowest BCUT2D eigenvalue weighted by molar-refractivity contribution is 0.306. The zero-order valence-electron chi connectivity index (χ0n) is 13.4. The van der Waals surface area contributed by atoms with Gasteiger partial charge in [0.2, 0.25) is 0 Å². The molecule has 0 heterocycles. The molecule has 0 aliphatic heterocycles. The summed E-state index contributed by atoms with van der Waals surface area (Å²) in [6, 6.07) is 13.8. The molecule has 1 unspecified atom stereocenters. The summed E-state index contributed by atoms with van der Waals surface area (Å²) in [7, 11) is 2.12. The van der Waals surface area contributed by atoms with Crippen molar-refractivity contribution >= 4 is 10.8 Å². The standard InChI is InChI=1S/C20H27N/c1-15-12-13-17-10-6-7-11-18(17)20(15)19(21-2)14-16-8-4-3-5-9-16/h6-7,10-13,16,19,21H,3-5,8-9,14H2,1-2H3. The van der Waals surface area contributed by atoms with E-state index >= 15 is 0 Å². The summed E-state index contributed by atoms with van der Waals surface area (Å²) in [5.74, 6) is 0.898. The summed E-state index contributed by atoms with van der Waals surface area (Å²) < 4.78 is 0. The van der Waals surface area contributed by atoms with Crippen LogP contribution in [0.5, 0.6) is 0 Å². The van der Waals surface area contributed by atoms with Crippen molar-refractivity contribution in [1.82, 2.24) is 5.32 Å². The minimum absolute atomic E-state index is 0.485. The first-order chi connectivity index (χ1) is 10.3. The van der Waals surface area contributed by atoms with Gasteiger partial charge in [-0.3, -0.25) is 0 Å². The van der Waals surface area contributed by atoms with Crippen LogP contribution in [0.2, 0.25) is 0 Å². The highest BCUT2D eigenvalue weighted by molar-refractivity contribution is 5.87. The van der Waals surface area contributed by atoms with Gasteiger partial charge in [-0.2, -0.15) is 0 Å². The fourth-order valence-electron chi connectivity index (χ4n) is 4.00. The predicted molar refractivity (Wildman–Crippen MR) is 91.7 cm³/mol. The monoisotopic (exact) mass is 281 g/mol. The molecule has 3 rings (SSSR count). The average Bonchev–Trinajstić information content (AvgIpc) is 2.54. The van der Waals surface area contributed by atoms with Gasteiger partial charge >= 0.3 is 0 Å². The second-order valence-corrected chi connectivity index (χ2v) is 6.60. The Labute approximate surface area is 128 Å². The normalized spacial score (nSPS) is 18.0. The molecule has 0 radical (unpaired) electrons. The van der Waals surface area contributed by atoms with Crippen LogP contribution in [0, 0.1) is 12.8 Å². The van der Waals surface area contributed by atoms with E-state index in [4.69, 9.17) is 0 Å². The molecular weight excluding hydrogens is 254 g/mol. The van der Waals surface area contributed by atoms with Crippen LogP contribution in [0.25, 0.3) is 10.8 Å². The van der Waals surface area contributed by atoms with Crippen LogP contribution in [-0.2, 0) is 0 Å². The van der Waals surface area contributed by atoms with Crippen molar-refractivity contribution in [2.45, 2.75) is 51.5 Å². The van der Waals surface area contributed by atoms with Crippen molar-refractivity contribution in [2.24, 2.45) is 5.92 Å². The van der Waals surface area contributed by atoms with Gasteiger partial charge < -0.3 is 5.32 Å². The molecule has 1 nitrogen and oxygen atoms in total. The molecule has 0 amide bonds. The van der Waals surface area contributed by atoms with Crippen molar-refractivity contribution in [3.05, 3.63) is 47.5 Å². The molecule has 0 spiro atoms. The summed E-state index contributed by atoms with van der Waals surface area (Å²) in [6.07, 6.45) is 8.41. The van der Waals surface area contributed by atoms with Gasteiger partial charge in [-0.05, 0) is 48.2 Å². The van der Waals surface area contributed by atoms with Crippen LogP contribution in [0.4, 0.5) is 0 Å². The van der Waals surface area contributed by atoms with Crippen LogP contribution < -0.4 is 5.32 Å². The Bertz CT molecular complexity index is 596. The average molecular weight is 281 g/mol. The first-order valence-electron chi connectivity index (χ1n) is 8.45. The largest absolute Gasteiger partial charge is 0.313 e. The van der Waals surface area contributed by atoms with Crippen molar-refractivity contribution in [1.29, 1.82) is 0 Å². The maximum Gasteiger partial charge on any atom is 0.0328 e. The van der Waals surface area contributed by atoms with E-state index in [1.165, 1.54) is 60.4 Å². The fourth-order valence-corrected chi connectivity index (χ4v) is 4.00. The molecular formula is C20H27N. The molecule has 1 fully saturated rings. The number of hydrogen-bond donors (Lipinski definition) is 1. The van der Waals surface area contributed by atoms with Gasteiger partial charge in [0.15, 0.2) is 0 Å². The maximum atomic E-state index is 3.60. The summed E-state index contributed by atoms with van der Waals surface area (Å²) >= 11 is 0. The molecule has 0 bridgehead atoms. The highest BCUT2D eigenvalue weighted by atomic mass is 14.9. The SMILES string of the molecule is CNC(CC1CCCCC1)c1c(C)ccc2ccccc12. The molecule has 1 aliphatic rings. The van der Waals surface area contributed by atoms with Gasteiger partial charge in [-0.1, -0.05) is 68.5 Å². The number of hydrogen-bond acceptors (Lipinski definition) is 1. The van der Waals surface area contributed by atoms with E-state index < -0.39 is 0 Å². The zero-order chi connectivity index (χ0) is 14.7. The predicted octanol–water partition coefficient (Wildman–Crippen LogP) is 5.38.